The standard InChI is InChI=1S/C18H16F2N2O2/c1-11-7-8-13(9-12(11)2)17(23)24-10-16-21-14-5-3-4-6-15(14)22(16)18(19)20/h3-9,18H,10H2,1-2H3. The second-order valence-electron chi connectivity index (χ2n) is 5.54. The second-order valence-corrected chi connectivity index (χ2v) is 5.54. The summed E-state index contributed by atoms with van der Waals surface area (Å²) in [6.45, 7) is 0.760. The second kappa shape index (κ2) is 6.39. The monoisotopic (exact) mass is 330 g/mol. The summed E-state index contributed by atoms with van der Waals surface area (Å²) in [4.78, 5) is 16.3. The first-order chi connectivity index (χ1) is 11.5. The Morgan fingerprint density at radius 1 is 1.17 bits per heavy atom. The molecule has 124 valence electrons. The zero-order valence-electron chi connectivity index (χ0n) is 13.3. The van der Waals surface area contributed by atoms with E-state index >= 15 is 0 Å². The molecule has 1 heterocycles. The van der Waals surface area contributed by atoms with Crippen molar-refractivity contribution in [1.82, 2.24) is 9.55 Å². The Labute approximate surface area is 137 Å². The number of ether oxygens (including phenoxy) is 1. The number of aryl methyl sites for hydroxylation is 2. The van der Waals surface area contributed by atoms with Crippen molar-refractivity contribution in [3.05, 3.63) is 65.0 Å². The Kier molecular flexibility index (Phi) is 4.29. The minimum absolute atomic E-state index is 0.0170. The Morgan fingerprint density at radius 3 is 2.62 bits per heavy atom. The third-order valence-electron chi connectivity index (χ3n) is 3.94. The van der Waals surface area contributed by atoms with Crippen molar-refractivity contribution >= 4 is 17.0 Å². The molecule has 0 amide bonds. The number of aromatic nitrogens is 2. The van der Waals surface area contributed by atoms with Crippen LogP contribution in [0.3, 0.4) is 0 Å². The fraction of sp³-hybridized carbons (Fsp3) is 0.222. The van der Waals surface area contributed by atoms with Gasteiger partial charge in [-0.3, -0.25) is 4.57 Å². The van der Waals surface area contributed by atoms with Crippen molar-refractivity contribution in [2.24, 2.45) is 0 Å². The fourth-order valence-electron chi connectivity index (χ4n) is 2.50. The number of hydrogen-bond donors (Lipinski definition) is 0. The van der Waals surface area contributed by atoms with Gasteiger partial charge in [0.05, 0.1) is 16.6 Å². The van der Waals surface area contributed by atoms with Crippen molar-refractivity contribution in [3.63, 3.8) is 0 Å². The van der Waals surface area contributed by atoms with Crippen molar-refractivity contribution in [2.75, 3.05) is 0 Å². The first kappa shape index (κ1) is 16.1. The number of alkyl halides is 2. The van der Waals surface area contributed by atoms with E-state index in [1.165, 1.54) is 0 Å². The highest BCUT2D eigenvalue weighted by atomic mass is 19.3. The molecule has 0 fully saturated rings. The smallest absolute Gasteiger partial charge is 0.338 e. The summed E-state index contributed by atoms with van der Waals surface area (Å²) in [6.07, 6.45) is 0. The van der Waals surface area contributed by atoms with Crippen LogP contribution in [-0.4, -0.2) is 15.5 Å². The van der Waals surface area contributed by atoms with Gasteiger partial charge in [0.1, 0.15) is 6.61 Å². The number of imidazole rings is 1. The fourth-order valence-corrected chi connectivity index (χ4v) is 2.50. The van der Waals surface area contributed by atoms with Crippen LogP contribution in [0.15, 0.2) is 42.5 Å². The maximum Gasteiger partial charge on any atom is 0.338 e. The van der Waals surface area contributed by atoms with Crippen LogP contribution < -0.4 is 0 Å². The van der Waals surface area contributed by atoms with Crippen LogP contribution in [0, 0.1) is 13.8 Å². The lowest BCUT2D eigenvalue weighted by Crippen LogP contribution is -2.11. The quantitative estimate of drug-likeness (QED) is 0.666. The minimum atomic E-state index is -2.76. The number of carbonyl (C=O) groups excluding carboxylic acids is 1. The summed E-state index contributed by atoms with van der Waals surface area (Å²) in [5, 5.41) is 0. The summed E-state index contributed by atoms with van der Waals surface area (Å²) in [7, 11) is 0. The molecule has 2 aromatic carbocycles. The maximum atomic E-state index is 13.3. The first-order valence-electron chi connectivity index (χ1n) is 7.45. The molecule has 0 unspecified atom stereocenters. The van der Waals surface area contributed by atoms with E-state index in [9.17, 15) is 13.6 Å². The summed E-state index contributed by atoms with van der Waals surface area (Å²) in [5.41, 5.74) is 3.16. The molecule has 0 saturated carbocycles. The molecule has 6 heteroatoms. The summed E-state index contributed by atoms with van der Waals surface area (Å²) in [5.74, 6) is -0.547. The molecule has 0 saturated heterocycles. The summed E-state index contributed by atoms with van der Waals surface area (Å²) < 4.78 is 32.6. The van der Waals surface area contributed by atoms with Crippen molar-refractivity contribution in [3.8, 4) is 0 Å². The Bertz CT molecular complexity index is 903. The van der Waals surface area contributed by atoms with E-state index in [0.29, 0.717) is 16.6 Å². The van der Waals surface area contributed by atoms with E-state index in [1.807, 2.05) is 19.9 Å². The number of hydrogen-bond acceptors (Lipinski definition) is 3. The lowest BCUT2D eigenvalue weighted by atomic mass is 10.1. The van der Waals surface area contributed by atoms with E-state index < -0.39 is 12.5 Å². The Morgan fingerprint density at radius 2 is 1.92 bits per heavy atom. The molecule has 24 heavy (non-hydrogen) atoms. The number of halogens is 2. The highest BCUT2D eigenvalue weighted by molar-refractivity contribution is 5.89. The Balaban J connectivity index is 1.83. The van der Waals surface area contributed by atoms with Gasteiger partial charge in [0.2, 0.25) is 0 Å². The molecule has 3 rings (SSSR count). The topological polar surface area (TPSA) is 44.1 Å². The number of fused-ring (bicyclic) bond motifs is 1. The van der Waals surface area contributed by atoms with Gasteiger partial charge in [0.15, 0.2) is 5.82 Å². The molecule has 0 atom stereocenters. The molecule has 4 nitrogen and oxygen atoms in total. The van der Waals surface area contributed by atoms with E-state index in [-0.39, 0.29) is 12.4 Å². The maximum absolute atomic E-state index is 13.3. The highest BCUT2D eigenvalue weighted by Gasteiger charge is 2.19. The molecule has 0 aliphatic heterocycles. The van der Waals surface area contributed by atoms with Gasteiger partial charge in [-0.1, -0.05) is 18.2 Å². The summed E-state index contributed by atoms with van der Waals surface area (Å²) >= 11 is 0. The van der Waals surface area contributed by atoms with E-state index in [0.717, 1.165) is 15.7 Å². The number of para-hydroxylation sites is 2. The molecule has 1 aromatic heterocycles. The number of esters is 1. The molecular formula is C18H16F2N2O2. The molecule has 0 aliphatic carbocycles. The lowest BCUT2D eigenvalue weighted by molar-refractivity contribution is 0.0387. The molecular weight excluding hydrogens is 314 g/mol. The van der Waals surface area contributed by atoms with E-state index in [2.05, 4.69) is 4.98 Å². The zero-order valence-corrected chi connectivity index (χ0v) is 13.3. The molecule has 0 aliphatic rings. The highest BCUT2D eigenvalue weighted by Crippen LogP contribution is 2.23. The Hall–Kier alpha value is -2.76. The van der Waals surface area contributed by atoms with Gasteiger partial charge in [0.25, 0.3) is 0 Å². The SMILES string of the molecule is Cc1ccc(C(=O)OCc2nc3ccccc3n2C(F)F)cc1C. The van der Waals surface area contributed by atoms with Crippen molar-refractivity contribution in [1.29, 1.82) is 0 Å². The van der Waals surface area contributed by atoms with Gasteiger partial charge in [-0.25, -0.2) is 9.78 Å². The average Bonchev–Trinajstić information content (AvgIpc) is 2.93. The van der Waals surface area contributed by atoms with Crippen LogP contribution in [0.1, 0.15) is 33.9 Å². The first-order valence-corrected chi connectivity index (χ1v) is 7.45. The van der Waals surface area contributed by atoms with Crippen molar-refractivity contribution in [2.45, 2.75) is 27.0 Å². The van der Waals surface area contributed by atoms with Gasteiger partial charge in [-0.15, -0.1) is 0 Å². The number of nitrogens with zero attached hydrogens (tertiary/aromatic N) is 2. The van der Waals surface area contributed by atoms with Crippen LogP contribution in [0.5, 0.6) is 0 Å². The molecule has 0 bridgehead atoms. The van der Waals surface area contributed by atoms with Gasteiger partial charge >= 0.3 is 12.5 Å². The zero-order chi connectivity index (χ0) is 17.3. The predicted molar refractivity (Wildman–Crippen MR) is 86.0 cm³/mol. The van der Waals surface area contributed by atoms with Crippen LogP contribution in [-0.2, 0) is 11.3 Å². The number of benzene rings is 2. The van der Waals surface area contributed by atoms with Crippen LogP contribution in [0.25, 0.3) is 11.0 Å². The molecule has 0 N–H and O–H groups in total. The van der Waals surface area contributed by atoms with Crippen LogP contribution >= 0.6 is 0 Å². The molecule has 3 aromatic rings. The lowest BCUT2D eigenvalue weighted by Gasteiger charge is -2.09. The number of carbonyl (C=O) groups is 1. The van der Waals surface area contributed by atoms with E-state index in [4.69, 9.17) is 4.74 Å². The third kappa shape index (κ3) is 2.99. The van der Waals surface area contributed by atoms with Crippen LogP contribution in [0.2, 0.25) is 0 Å². The van der Waals surface area contributed by atoms with E-state index in [1.54, 1.807) is 36.4 Å². The van der Waals surface area contributed by atoms with Crippen molar-refractivity contribution < 1.29 is 18.3 Å². The van der Waals surface area contributed by atoms with Gasteiger partial charge < -0.3 is 4.74 Å². The van der Waals surface area contributed by atoms with Crippen LogP contribution in [0.4, 0.5) is 8.78 Å². The minimum Gasteiger partial charge on any atom is -0.454 e. The summed E-state index contributed by atoms with van der Waals surface area (Å²) in [6, 6.07) is 11.8. The molecule has 0 spiro atoms. The third-order valence-corrected chi connectivity index (χ3v) is 3.94. The number of rotatable bonds is 4. The molecule has 0 radical (unpaired) electrons. The predicted octanol–water partition coefficient (Wildman–Crippen LogP) is 4.41. The van der Waals surface area contributed by atoms with Gasteiger partial charge in [0, 0.05) is 0 Å². The average molecular weight is 330 g/mol. The van der Waals surface area contributed by atoms with Gasteiger partial charge in [-0.05, 0) is 49.2 Å². The van der Waals surface area contributed by atoms with Gasteiger partial charge in [-0.2, -0.15) is 8.78 Å². The largest absolute Gasteiger partial charge is 0.454 e. The normalized spacial score (nSPS) is 11.2.